The van der Waals surface area contributed by atoms with Crippen molar-refractivity contribution in [3.8, 4) is 0 Å². The fourth-order valence-electron chi connectivity index (χ4n) is 1.32. The van der Waals surface area contributed by atoms with E-state index in [1.807, 2.05) is 0 Å². The fourth-order valence-corrected chi connectivity index (χ4v) is 1.32. The van der Waals surface area contributed by atoms with Crippen LogP contribution in [0.25, 0.3) is 0 Å². The highest BCUT2D eigenvalue weighted by Gasteiger charge is 2.69. The Morgan fingerprint density at radius 3 is 1.24 bits per heavy atom. The summed E-state index contributed by atoms with van der Waals surface area (Å²) in [4.78, 5) is 0. The molecule has 0 aromatic rings. The molecule has 0 aliphatic rings. The Balaban J connectivity index is 5.38. The number of hydrogen-bond donors (Lipinski definition) is 0. The van der Waals surface area contributed by atoms with E-state index in [0.29, 0.717) is 0 Å². The predicted octanol–water partition coefficient (Wildman–Crippen LogP) is 2.77. The van der Waals surface area contributed by atoms with Gasteiger partial charge >= 0.3 is 18.8 Å². The Hall–Kier alpha value is -0.405. The highest BCUT2D eigenvalue weighted by molar-refractivity contribution is 6.63. The van der Waals surface area contributed by atoms with Crippen LogP contribution in [-0.2, 0) is 14.0 Å². The molecule has 0 aliphatic carbocycles. The molecule has 0 aliphatic heterocycles. The third-order valence-corrected chi connectivity index (χ3v) is 1.98. The standard InChI is InChI=1S/C8H15BF5O3/c1-4-15-9(16-5-2,17-6-3)7(10,11)8(12,13)14/h4-6H2,1-3H3/q-1. The maximum Gasteiger partial charge on any atom is 0.461 e. The van der Waals surface area contributed by atoms with Crippen LogP contribution in [-0.4, -0.2) is 38.6 Å². The van der Waals surface area contributed by atoms with Crippen LogP contribution in [0.3, 0.4) is 0 Å². The SMILES string of the molecule is CCO[B-](OCC)(OCC)C(F)(F)C(F)(F)F. The van der Waals surface area contributed by atoms with Gasteiger partial charge < -0.3 is 14.0 Å². The van der Waals surface area contributed by atoms with Crippen molar-refractivity contribution in [3.05, 3.63) is 0 Å². The topological polar surface area (TPSA) is 27.7 Å². The Bertz CT molecular complexity index is 217. The first-order valence-electron chi connectivity index (χ1n) is 5.18. The molecule has 0 bridgehead atoms. The van der Waals surface area contributed by atoms with E-state index in [2.05, 4.69) is 14.0 Å². The van der Waals surface area contributed by atoms with Crippen molar-refractivity contribution >= 4 is 6.75 Å². The van der Waals surface area contributed by atoms with E-state index >= 15 is 0 Å². The van der Waals surface area contributed by atoms with Gasteiger partial charge in [0.2, 0.25) is 0 Å². The third-order valence-electron chi connectivity index (χ3n) is 1.98. The summed E-state index contributed by atoms with van der Waals surface area (Å²) in [5.41, 5.74) is 0. The van der Waals surface area contributed by atoms with Crippen LogP contribution < -0.4 is 0 Å². The summed E-state index contributed by atoms with van der Waals surface area (Å²) >= 11 is 0. The van der Waals surface area contributed by atoms with E-state index in [1.54, 1.807) is 0 Å². The molecule has 0 rings (SSSR count). The van der Waals surface area contributed by atoms with Gasteiger partial charge in [-0.1, -0.05) is 0 Å². The van der Waals surface area contributed by atoms with E-state index in [4.69, 9.17) is 0 Å². The lowest BCUT2D eigenvalue weighted by Gasteiger charge is -2.46. The lowest BCUT2D eigenvalue weighted by Crippen LogP contribution is -2.67. The molecule has 0 amide bonds. The van der Waals surface area contributed by atoms with Gasteiger partial charge in [0.05, 0.1) is 0 Å². The van der Waals surface area contributed by atoms with Gasteiger partial charge in [0.1, 0.15) is 0 Å². The Labute approximate surface area is 96.2 Å². The van der Waals surface area contributed by atoms with Crippen LogP contribution in [0.2, 0.25) is 0 Å². The molecule has 0 aromatic heterocycles. The molecule has 3 nitrogen and oxygen atoms in total. The van der Waals surface area contributed by atoms with Gasteiger partial charge in [0.25, 0.3) is 0 Å². The molecule has 0 spiro atoms. The minimum absolute atomic E-state index is 0.383. The zero-order valence-electron chi connectivity index (χ0n) is 9.81. The quantitative estimate of drug-likeness (QED) is 0.523. The van der Waals surface area contributed by atoms with Gasteiger partial charge in [0.15, 0.2) is 0 Å². The summed E-state index contributed by atoms with van der Waals surface area (Å²) in [7, 11) is 0. The van der Waals surface area contributed by atoms with Crippen LogP contribution in [0.4, 0.5) is 22.0 Å². The number of rotatable bonds is 7. The zero-order valence-corrected chi connectivity index (χ0v) is 9.81. The smallest absolute Gasteiger partial charge is 0.461 e. The molecule has 0 radical (unpaired) electrons. The Kier molecular flexibility index (Phi) is 5.82. The van der Waals surface area contributed by atoms with Crippen molar-refractivity contribution in [3.63, 3.8) is 0 Å². The normalized spacial score (nSPS) is 14.1. The molecule has 0 atom stereocenters. The highest BCUT2D eigenvalue weighted by Crippen LogP contribution is 2.43. The second-order valence-electron chi connectivity index (χ2n) is 3.13. The van der Waals surface area contributed by atoms with Crippen LogP contribution in [0, 0.1) is 0 Å². The van der Waals surface area contributed by atoms with Crippen molar-refractivity contribution in [1.29, 1.82) is 0 Å². The minimum Gasteiger partial charge on any atom is -0.541 e. The van der Waals surface area contributed by atoms with Crippen molar-refractivity contribution in [2.75, 3.05) is 19.8 Å². The molecule has 0 heterocycles. The van der Waals surface area contributed by atoms with Gasteiger partial charge in [-0.05, 0) is 20.8 Å². The molecule has 0 fully saturated rings. The molecular weight excluding hydrogens is 250 g/mol. The average molecular weight is 265 g/mol. The van der Waals surface area contributed by atoms with Gasteiger partial charge in [-0.15, -0.1) is 0 Å². The van der Waals surface area contributed by atoms with Crippen LogP contribution >= 0.6 is 0 Å². The summed E-state index contributed by atoms with van der Waals surface area (Å²) in [5, 5.41) is 0. The lowest BCUT2D eigenvalue weighted by atomic mass is 9.68. The number of hydrogen-bond acceptors (Lipinski definition) is 3. The summed E-state index contributed by atoms with van der Waals surface area (Å²) in [6.45, 7) is -1.50. The molecule has 0 aromatic carbocycles. The van der Waals surface area contributed by atoms with Crippen molar-refractivity contribution < 1.29 is 35.9 Å². The first-order chi connectivity index (χ1) is 7.68. The summed E-state index contributed by atoms with van der Waals surface area (Å²) in [5.74, 6) is -5.20. The predicted molar refractivity (Wildman–Crippen MR) is 51.6 cm³/mol. The van der Waals surface area contributed by atoms with Crippen molar-refractivity contribution in [2.24, 2.45) is 0 Å². The second kappa shape index (κ2) is 5.97. The summed E-state index contributed by atoms with van der Waals surface area (Å²) < 4.78 is 77.0. The van der Waals surface area contributed by atoms with E-state index in [0.717, 1.165) is 0 Å². The maximum absolute atomic E-state index is 13.3. The zero-order chi connectivity index (χ0) is 13.7. The molecule has 17 heavy (non-hydrogen) atoms. The minimum atomic E-state index is -5.80. The fraction of sp³-hybridized carbons (Fsp3) is 1.00. The number of alkyl halides is 5. The van der Waals surface area contributed by atoms with Crippen molar-refractivity contribution in [2.45, 2.75) is 32.8 Å². The first kappa shape index (κ1) is 16.6. The van der Waals surface area contributed by atoms with Gasteiger partial charge in [-0.2, -0.15) is 13.2 Å². The van der Waals surface area contributed by atoms with E-state index < -0.39 is 18.8 Å². The van der Waals surface area contributed by atoms with Gasteiger partial charge in [-0.25, -0.2) is 8.78 Å². The average Bonchev–Trinajstić information content (AvgIpc) is 2.16. The third kappa shape index (κ3) is 3.29. The van der Waals surface area contributed by atoms with Gasteiger partial charge in [-0.3, -0.25) is 0 Å². The first-order valence-corrected chi connectivity index (χ1v) is 5.18. The van der Waals surface area contributed by atoms with E-state index in [-0.39, 0.29) is 19.8 Å². The van der Waals surface area contributed by atoms with Crippen LogP contribution in [0.1, 0.15) is 20.8 Å². The molecular formula is C8H15BF5O3-. The summed E-state index contributed by atoms with van der Waals surface area (Å²) in [6.07, 6.45) is -5.80. The van der Waals surface area contributed by atoms with Crippen LogP contribution in [0.15, 0.2) is 0 Å². The monoisotopic (exact) mass is 265 g/mol. The molecule has 0 N–H and O–H groups in total. The van der Waals surface area contributed by atoms with Gasteiger partial charge in [0, 0.05) is 19.8 Å². The Morgan fingerprint density at radius 1 is 0.765 bits per heavy atom. The molecule has 104 valence electrons. The summed E-state index contributed by atoms with van der Waals surface area (Å²) in [6, 6.07) is 0. The molecule has 0 saturated carbocycles. The second-order valence-corrected chi connectivity index (χ2v) is 3.13. The van der Waals surface area contributed by atoms with E-state index in [9.17, 15) is 22.0 Å². The Morgan fingerprint density at radius 2 is 1.06 bits per heavy atom. The maximum atomic E-state index is 13.3. The number of halogens is 5. The molecule has 0 saturated heterocycles. The van der Waals surface area contributed by atoms with E-state index in [1.165, 1.54) is 20.8 Å². The highest BCUT2D eigenvalue weighted by atomic mass is 19.4. The molecule has 9 heteroatoms. The van der Waals surface area contributed by atoms with Crippen molar-refractivity contribution in [1.82, 2.24) is 0 Å². The largest absolute Gasteiger partial charge is 0.541 e. The molecule has 0 unspecified atom stereocenters. The van der Waals surface area contributed by atoms with Crippen LogP contribution in [0.5, 0.6) is 0 Å². The lowest BCUT2D eigenvalue weighted by molar-refractivity contribution is -0.269.